The van der Waals surface area contributed by atoms with Crippen LogP contribution in [0.1, 0.15) is 44.1 Å². The number of carbonyl (C=O) groups excluding carboxylic acids is 4. The van der Waals surface area contributed by atoms with Crippen molar-refractivity contribution >= 4 is 46.9 Å². The number of aliphatic carboxylic acids is 1. The van der Waals surface area contributed by atoms with Gasteiger partial charge in [0, 0.05) is 36.6 Å². The Morgan fingerprint density at radius 2 is 1.72 bits per heavy atom. The van der Waals surface area contributed by atoms with Crippen molar-refractivity contribution in [3.05, 3.63) is 58.4 Å². The highest BCUT2D eigenvalue weighted by atomic mass is 35.5. The molecule has 2 saturated heterocycles. The Morgan fingerprint density at radius 3 is 2.33 bits per heavy atom. The van der Waals surface area contributed by atoms with Crippen LogP contribution in [0.2, 0.25) is 5.02 Å². The number of carboxylic acids is 1. The first-order valence-electron chi connectivity index (χ1n) is 14.9. The zero-order valence-electron chi connectivity index (χ0n) is 25.3. The zero-order chi connectivity index (χ0) is 33.2. The normalized spacial score (nSPS) is 28.5. The number of hydrogen-bond donors (Lipinski definition) is 2. The predicted molar refractivity (Wildman–Crippen MR) is 161 cm³/mol. The Morgan fingerprint density at radius 1 is 1.04 bits per heavy atom. The molecule has 242 valence electrons. The number of imide groups is 2. The van der Waals surface area contributed by atoms with Crippen LogP contribution in [-0.2, 0) is 24.0 Å². The van der Waals surface area contributed by atoms with E-state index in [1.165, 1.54) is 38.5 Å². The van der Waals surface area contributed by atoms with E-state index >= 15 is 0 Å². The van der Waals surface area contributed by atoms with Crippen LogP contribution in [-0.4, -0.2) is 65.5 Å². The maximum Gasteiger partial charge on any atom is 0.303 e. The molecule has 6 unspecified atom stereocenters. The molecule has 2 heterocycles. The van der Waals surface area contributed by atoms with E-state index in [4.69, 9.17) is 26.2 Å². The molecule has 0 bridgehead atoms. The molecule has 2 N–H and O–H groups in total. The van der Waals surface area contributed by atoms with E-state index < -0.39 is 70.4 Å². The van der Waals surface area contributed by atoms with Gasteiger partial charge in [-0.2, -0.15) is 0 Å². The van der Waals surface area contributed by atoms with Gasteiger partial charge in [-0.05, 0) is 50.3 Å². The number of fused-ring (bicyclic) bond motifs is 4. The Labute approximate surface area is 268 Å². The Bertz CT molecular complexity index is 1700. The molecule has 46 heavy (non-hydrogen) atoms. The summed E-state index contributed by atoms with van der Waals surface area (Å²) in [7, 11) is 2.79. The number of ether oxygens (including phenoxy) is 2. The number of likely N-dealkylation sites (tertiary alicyclic amines) is 1. The van der Waals surface area contributed by atoms with Gasteiger partial charge in [-0.1, -0.05) is 23.3 Å². The van der Waals surface area contributed by atoms with E-state index in [9.17, 15) is 33.5 Å². The lowest BCUT2D eigenvalue weighted by molar-refractivity contribution is -0.142. The first kappa shape index (κ1) is 31.5. The van der Waals surface area contributed by atoms with Gasteiger partial charge in [0.2, 0.25) is 23.6 Å². The van der Waals surface area contributed by atoms with Crippen molar-refractivity contribution in [3.8, 4) is 17.2 Å². The molecular formula is C33H32ClFN2O9. The lowest BCUT2D eigenvalue weighted by Crippen LogP contribution is -2.49. The summed E-state index contributed by atoms with van der Waals surface area (Å²) in [5.74, 6) is -7.57. The van der Waals surface area contributed by atoms with Crippen LogP contribution >= 0.6 is 11.6 Å². The number of rotatable bonds is 8. The van der Waals surface area contributed by atoms with Crippen LogP contribution in [0.5, 0.6) is 17.2 Å². The SMILES string of the molecule is COc1cc(O)cc(OC)c1C1C2=CCC3C(=O)N(CCCC(=O)O)C(=O)C3C2CC2C(=O)N(c3ccc(F)c(Cl)c3)C(=O)C21C. The van der Waals surface area contributed by atoms with Gasteiger partial charge in [-0.25, -0.2) is 9.29 Å². The molecule has 6 atom stereocenters. The second kappa shape index (κ2) is 11.4. The van der Waals surface area contributed by atoms with Gasteiger partial charge >= 0.3 is 5.97 Å². The van der Waals surface area contributed by atoms with Gasteiger partial charge in [0.25, 0.3) is 0 Å². The summed E-state index contributed by atoms with van der Waals surface area (Å²) in [6.07, 6.45) is 2.01. The number of hydrogen-bond acceptors (Lipinski definition) is 8. The number of phenols is 1. The van der Waals surface area contributed by atoms with Crippen molar-refractivity contribution in [2.75, 3.05) is 25.7 Å². The molecule has 0 aromatic heterocycles. The van der Waals surface area contributed by atoms with Crippen molar-refractivity contribution in [1.29, 1.82) is 0 Å². The number of carboxylic acid groups (broad SMARTS) is 1. The highest BCUT2D eigenvalue weighted by molar-refractivity contribution is 6.31. The quantitative estimate of drug-likeness (QED) is 0.314. The zero-order valence-corrected chi connectivity index (χ0v) is 26.0. The molecule has 4 aliphatic rings. The number of halogens is 2. The van der Waals surface area contributed by atoms with Crippen LogP contribution in [0.15, 0.2) is 42.0 Å². The average molecular weight is 655 g/mol. The summed E-state index contributed by atoms with van der Waals surface area (Å²) >= 11 is 6.05. The van der Waals surface area contributed by atoms with Crippen molar-refractivity contribution in [2.45, 2.75) is 38.5 Å². The smallest absolute Gasteiger partial charge is 0.303 e. The van der Waals surface area contributed by atoms with E-state index in [1.807, 2.05) is 6.08 Å². The maximum atomic E-state index is 14.6. The lowest BCUT2D eigenvalue weighted by atomic mass is 9.51. The van der Waals surface area contributed by atoms with Gasteiger partial charge in [0.1, 0.15) is 23.1 Å². The van der Waals surface area contributed by atoms with Crippen molar-refractivity contribution < 1.29 is 48.0 Å². The number of phenolic OH excluding ortho intramolecular Hbond substituents is 1. The highest BCUT2D eigenvalue weighted by Gasteiger charge is 2.68. The average Bonchev–Trinajstić information content (AvgIpc) is 3.37. The Balaban J connectivity index is 1.52. The molecular weight excluding hydrogens is 623 g/mol. The maximum absolute atomic E-state index is 14.6. The number of aromatic hydroxyl groups is 1. The van der Waals surface area contributed by atoms with E-state index in [1.54, 1.807) is 6.92 Å². The van der Waals surface area contributed by atoms with Gasteiger partial charge in [-0.3, -0.25) is 28.9 Å². The number of allylic oxidation sites excluding steroid dienone is 2. The number of benzene rings is 2. The molecule has 11 nitrogen and oxygen atoms in total. The van der Waals surface area contributed by atoms with Crippen molar-refractivity contribution in [1.82, 2.24) is 4.90 Å². The summed E-state index contributed by atoms with van der Waals surface area (Å²) in [5.41, 5.74) is -0.319. The van der Waals surface area contributed by atoms with E-state index in [0.29, 0.717) is 11.1 Å². The molecule has 0 spiro atoms. The minimum atomic E-state index is -1.46. The fraction of sp³-hybridized carbons (Fsp3) is 0.424. The number of amides is 4. The molecule has 2 aliphatic heterocycles. The van der Waals surface area contributed by atoms with Crippen LogP contribution in [0.3, 0.4) is 0 Å². The third-order valence-electron chi connectivity index (χ3n) is 10.1. The van der Waals surface area contributed by atoms with Gasteiger partial charge < -0.3 is 19.7 Å². The lowest BCUT2D eigenvalue weighted by Gasteiger charge is -2.49. The summed E-state index contributed by atoms with van der Waals surface area (Å²) in [5, 5.41) is 19.3. The van der Waals surface area contributed by atoms with E-state index in [-0.39, 0.29) is 60.2 Å². The summed E-state index contributed by atoms with van der Waals surface area (Å²) in [6.45, 7) is 1.63. The third kappa shape index (κ3) is 4.56. The fourth-order valence-electron chi connectivity index (χ4n) is 8.08. The van der Waals surface area contributed by atoms with E-state index in [0.717, 1.165) is 15.9 Å². The van der Waals surface area contributed by atoms with Crippen LogP contribution in [0.25, 0.3) is 0 Å². The Hall–Kier alpha value is -4.45. The molecule has 2 aromatic carbocycles. The van der Waals surface area contributed by atoms with Crippen LogP contribution in [0, 0.1) is 34.9 Å². The first-order chi connectivity index (χ1) is 21.8. The minimum absolute atomic E-state index is 0.0419. The molecule has 4 amide bonds. The highest BCUT2D eigenvalue weighted by Crippen LogP contribution is 2.65. The third-order valence-corrected chi connectivity index (χ3v) is 10.4. The summed E-state index contributed by atoms with van der Waals surface area (Å²) in [6, 6.07) is 6.32. The summed E-state index contributed by atoms with van der Waals surface area (Å²) in [4.78, 5) is 69.5. The topological polar surface area (TPSA) is 151 Å². The molecule has 6 rings (SSSR count). The number of anilines is 1. The largest absolute Gasteiger partial charge is 0.508 e. The molecule has 3 fully saturated rings. The van der Waals surface area contributed by atoms with Crippen LogP contribution < -0.4 is 14.4 Å². The van der Waals surface area contributed by atoms with Gasteiger partial charge in [-0.15, -0.1) is 0 Å². The fourth-order valence-corrected chi connectivity index (χ4v) is 8.25. The number of carbonyl (C=O) groups is 5. The first-order valence-corrected chi connectivity index (χ1v) is 15.3. The predicted octanol–water partition coefficient (Wildman–Crippen LogP) is 4.30. The summed E-state index contributed by atoms with van der Waals surface area (Å²) < 4.78 is 25.5. The minimum Gasteiger partial charge on any atom is -0.508 e. The van der Waals surface area contributed by atoms with Crippen molar-refractivity contribution in [2.24, 2.45) is 29.1 Å². The molecule has 0 radical (unpaired) electrons. The molecule has 2 aromatic rings. The second-order valence-electron chi connectivity index (χ2n) is 12.3. The van der Waals surface area contributed by atoms with Crippen LogP contribution in [0.4, 0.5) is 10.1 Å². The molecule has 2 aliphatic carbocycles. The van der Waals surface area contributed by atoms with Crippen molar-refractivity contribution in [3.63, 3.8) is 0 Å². The Kier molecular flexibility index (Phi) is 7.82. The second-order valence-corrected chi connectivity index (χ2v) is 12.8. The number of nitrogens with zero attached hydrogens (tertiary/aromatic N) is 2. The monoisotopic (exact) mass is 654 g/mol. The molecule has 13 heteroatoms. The number of methoxy groups -OCH3 is 2. The van der Waals surface area contributed by atoms with Gasteiger partial charge in [0.15, 0.2) is 0 Å². The van der Waals surface area contributed by atoms with Gasteiger partial charge in [0.05, 0.1) is 48.1 Å². The van der Waals surface area contributed by atoms with E-state index in [2.05, 4.69) is 0 Å². The molecule has 1 saturated carbocycles. The standard InChI is InChI=1S/C33H32ClFN2O9/c1-33-20(30(42)37(32(33)44)15-6-9-22(35)21(34)11-15)14-19-17(28(33)27-23(45-2)12-16(38)13-24(27)46-3)7-8-18-26(19)31(43)36(29(18)41)10-4-5-25(39)40/h6-7,9,11-13,18-20,26,28,38H,4-5,8,10,14H2,1-3H3,(H,39,40).